The van der Waals surface area contributed by atoms with E-state index in [1.165, 1.54) is 0 Å². The van der Waals surface area contributed by atoms with Gasteiger partial charge in [-0.2, -0.15) is 0 Å². The Balaban J connectivity index is 2.38. The van der Waals surface area contributed by atoms with E-state index in [0.29, 0.717) is 6.54 Å². The maximum Gasteiger partial charge on any atom is 0.317 e. The summed E-state index contributed by atoms with van der Waals surface area (Å²) < 4.78 is 0. The molecule has 0 aromatic carbocycles. The smallest absolute Gasteiger partial charge is 0.317 e. The highest BCUT2D eigenvalue weighted by Crippen LogP contribution is 1.94. The van der Waals surface area contributed by atoms with E-state index in [0.717, 1.165) is 65.2 Å². The van der Waals surface area contributed by atoms with Crippen LogP contribution in [0.2, 0.25) is 0 Å². The summed E-state index contributed by atoms with van der Waals surface area (Å²) in [7, 11) is 0. The number of carboxylic acid groups (broad SMARTS) is 1. The molecule has 0 unspecified atom stereocenters. The van der Waals surface area contributed by atoms with Crippen LogP contribution < -0.4 is 10.6 Å². The van der Waals surface area contributed by atoms with Crippen LogP contribution in [0.25, 0.3) is 0 Å². The highest BCUT2D eigenvalue weighted by molar-refractivity contribution is 5.77. The van der Waals surface area contributed by atoms with Crippen molar-refractivity contribution in [2.75, 3.05) is 65.4 Å². The fraction of sp³-hybridized carbons (Fsp3) is 0.867. The molecule has 1 rings (SSSR count). The Bertz CT molecular complexity index is 291. The Morgan fingerprint density at radius 1 is 0.864 bits per heavy atom. The molecule has 0 spiro atoms. The lowest BCUT2D eigenvalue weighted by Gasteiger charge is -2.24. The number of carbonyl (C=O) groups is 2. The maximum absolute atomic E-state index is 11.3. The van der Waals surface area contributed by atoms with E-state index >= 15 is 0 Å². The molecule has 0 aromatic heterocycles. The molecule has 0 atom stereocenters. The van der Waals surface area contributed by atoms with E-state index in [4.69, 9.17) is 5.11 Å². The zero-order chi connectivity index (χ0) is 16.2. The molecular weight excluding hydrogens is 284 g/mol. The summed E-state index contributed by atoms with van der Waals surface area (Å²) >= 11 is 0. The van der Waals surface area contributed by atoms with Gasteiger partial charge in [0.05, 0.1) is 13.1 Å². The van der Waals surface area contributed by atoms with Gasteiger partial charge < -0.3 is 15.7 Å². The van der Waals surface area contributed by atoms with Crippen molar-refractivity contribution in [3.05, 3.63) is 0 Å². The molecule has 1 aliphatic rings. The standard InChI is InChI=1S/C15H30N4O3/c1-14(20)12-18-8-2-4-17-7-11-19(13-15(21)22)9-3-5-16-6-10-18/h16-17H,2-13H2,1H3,(H,21,22). The van der Waals surface area contributed by atoms with Crippen LogP contribution in [0.1, 0.15) is 19.8 Å². The molecule has 0 bridgehead atoms. The van der Waals surface area contributed by atoms with Crippen LogP contribution >= 0.6 is 0 Å². The molecule has 7 heteroatoms. The second kappa shape index (κ2) is 11.5. The van der Waals surface area contributed by atoms with E-state index in [1.807, 2.05) is 4.90 Å². The predicted molar refractivity (Wildman–Crippen MR) is 86.2 cm³/mol. The molecule has 1 fully saturated rings. The lowest BCUT2D eigenvalue weighted by Crippen LogP contribution is -2.40. The Hall–Kier alpha value is -1.02. The summed E-state index contributed by atoms with van der Waals surface area (Å²) in [6.07, 6.45) is 1.92. The predicted octanol–water partition coefficient (Wildman–Crippen LogP) is -0.763. The fourth-order valence-electron chi connectivity index (χ4n) is 2.63. The highest BCUT2D eigenvalue weighted by Gasteiger charge is 2.10. The quantitative estimate of drug-likeness (QED) is 0.629. The van der Waals surface area contributed by atoms with Gasteiger partial charge in [0.15, 0.2) is 0 Å². The van der Waals surface area contributed by atoms with E-state index in [1.54, 1.807) is 6.92 Å². The Labute approximate surface area is 133 Å². The van der Waals surface area contributed by atoms with Gasteiger partial charge in [-0.3, -0.25) is 19.4 Å². The molecule has 0 radical (unpaired) electrons. The third-order valence-corrected chi connectivity index (χ3v) is 3.67. The number of aliphatic carboxylic acids is 1. The summed E-state index contributed by atoms with van der Waals surface area (Å²) in [6, 6.07) is 0. The number of ketones is 1. The van der Waals surface area contributed by atoms with Crippen LogP contribution in [0.15, 0.2) is 0 Å². The van der Waals surface area contributed by atoms with Crippen molar-refractivity contribution in [1.29, 1.82) is 0 Å². The average molecular weight is 314 g/mol. The third-order valence-electron chi connectivity index (χ3n) is 3.67. The molecular formula is C15H30N4O3. The summed E-state index contributed by atoms with van der Waals surface area (Å²) in [4.78, 5) is 26.3. The Kier molecular flexibility index (Phi) is 9.98. The van der Waals surface area contributed by atoms with E-state index in [2.05, 4.69) is 15.5 Å². The summed E-state index contributed by atoms with van der Waals surface area (Å²) in [6.45, 7) is 9.01. The van der Waals surface area contributed by atoms with Crippen LogP contribution in [0, 0.1) is 0 Å². The van der Waals surface area contributed by atoms with Crippen LogP contribution in [0.3, 0.4) is 0 Å². The lowest BCUT2D eigenvalue weighted by atomic mass is 10.3. The van der Waals surface area contributed by atoms with Crippen molar-refractivity contribution in [1.82, 2.24) is 20.4 Å². The summed E-state index contributed by atoms with van der Waals surface area (Å²) in [5, 5.41) is 15.7. The summed E-state index contributed by atoms with van der Waals surface area (Å²) in [5.41, 5.74) is 0. The van der Waals surface area contributed by atoms with Gasteiger partial charge in [0.2, 0.25) is 0 Å². The molecule has 0 saturated carbocycles. The monoisotopic (exact) mass is 314 g/mol. The Morgan fingerprint density at radius 2 is 1.36 bits per heavy atom. The Morgan fingerprint density at radius 3 is 1.82 bits per heavy atom. The first-order valence-electron chi connectivity index (χ1n) is 8.15. The van der Waals surface area contributed by atoms with Crippen molar-refractivity contribution in [2.45, 2.75) is 19.8 Å². The molecule has 0 aromatic rings. The van der Waals surface area contributed by atoms with Gasteiger partial charge in [-0.1, -0.05) is 0 Å². The molecule has 3 N–H and O–H groups in total. The third kappa shape index (κ3) is 9.83. The molecule has 1 saturated heterocycles. The van der Waals surface area contributed by atoms with Gasteiger partial charge in [-0.25, -0.2) is 0 Å². The minimum Gasteiger partial charge on any atom is -0.480 e. The van der Waals surface area contributed by atoms with E-state index < -0.39 is 5.97 Å². The van der Waals surface area contributed by atoms with Gasteiger partial charge in [-0.05, 0) is 45.9 Å². The number of nitrogens with zero attached hydrogens (tertiary/aromatic N) is 2. The van der Waals surface area contributed by atoms with Crippen molar-refractivity contribution < 1.29 is 14.7 Å². The van der Waals surface area contributed by atoms with Gasteiger partial charge in [0.1, 0.15) is 5.78 Å². The fourth-order valence-corrected chi connectivity index (χ4v) is 2.63. The number of carbonyl (C=O) groups excluding carboxylic acids is 1. The van der Waals surface area contributed by atoms with Gasteiger partial charge in [0, 0.05) is 26.2 Å². The summed E-state index contributed by atoms with van der Waals surface area (Å²) in [5.74, 6) is -0.563. The number of nitrogens with one attached hydrogen (secondary N) is 2. The van der Waals surface area contributed by atoms with Gasteiger partial charge in [0.25, 0.3) is 0 Å². The second-order valence-corrected chi connectivity index (χ2v) is 5.86. The normalized spacial score (nSPS) is 21.1. The second-order valence-electron chi connectivity index (χ2n) is 5.86. The van der Waals surface area contributed by atoms with E-state index in [9.17, 15) is 9.59 Å². The first-order chi connectivity index (χ1) is 10.6. The van der Waals surface area contributed by atoms with Crippen LogP contribution in [-0.4, -0.2) is 92.1 Å². The van der Waals surface area contributed by atoms with Crippen molar-refractivity contribution in [3.63, 3.8) is 0 Å². The number of Topliss-reactive ketones (excluding diaryl/α,β-unsaturated/α-hetero) is 1. The largest absolute Gasteiger partial charge is 0.480 e. The number of rotatable bonds is 4. The molecule has 1 heterocycles. The average Bonchev–Trinajstić information content (AvgIpc) is 2.43. The maximum atomic E-state index is 11.3. The van der Waals surface area contributed by atoms with Crippen molar-refractivity contribution >= 4 is 11.8 Å². The molecule has 0 amide bonds. The molecule has 1 aliphatic heterocycles. The van der Waals surface area contributed by atoms with Crippen molar-refractivity contribution in [3.8, 4) is 0 Å². The SMILES string of the molecule is CC(=O)CN1CCCNCCN(CC(=O)O)CCCNCC1. The topological polar surface area (TPSA) is 84.9 Å². The zero-order valence-corrected chi connectivity index (χ0v) is 13.6. The first-order valence-corrected chi connectivity index (χ1v) is 8.15. The number of hydrogen-bond acceptors (Lipinski definition) is 6. The molecule has 128 valence electrons. The van der Waals surface area contributed by atoms with E-state index in [-0.39, 0.29) is 12.3 Å². The molecule has 22 heavy (non-hydrogen) atoms. The zero-order valence-electron chi connectivity index (χ0n) is 13.6. The highest BCUT2D eigenvalue weighted by atomic mass is 16.4. The lowest BCUT2D eigenvalue weighted by molar-refractivity contribution is -0.138. The minimum atomic E-state index is -0.769. The van der Waals surface area contributed by atoms with Crippen LogP contribution in [-0.2, 0) is 9.59 Å². The van der Waals surface area contributed by atoms with Crippen molar-refractivity contribution in [2.24, 2.45) is 0 Å². The van der Waals surface area contributed by atoms with Crippen LogP contribution in [0.4, 0.5) is 0 Å². The number of carboxylic acids is 1. The van der Waals surface area contributed by atoms with Crippen LogP contribution in [0.5, 0.6) is 0 Å². The number of hydrogen-bond donors (Lipinski definition) is 3. The van der Waals surface area contributed by atoms with Gasteiger partial charge >= 0.3 is 5.97 Å². The molecule has 7 nitrogen and oxygen atoms in total. The first kappa shape index (κ1) is 19.0. The van der Waals surface area contributed by atoms with Gasteiger partial charge in [-0.15, -0.1) is 0 Å². The molecule has 0 aliphatic carbocycles. The minimum absolute atomic E-state index is 0.105.